The number of hydrogen-bond donors (Lipinski definition) is 1. The number of anilines is 1. The molecule has 3 aromatic heterocycles. The van der Waals surface area contributed by atoms with Crippen molar-refractivity contribution < 1.29 is 0 Å². The normalized spacial score (nSPS) is 11.1. The van der Waals surface area contributed by atoms with Gasteiger partial charge in [-0.25, -0.2) is 4.98 Å². The Morgan fingerprint density at radius 2 is 2.29 bits per heavy atom. The third-order valence-electron chi connectivity index (χ3n) is 2.24. The zero-order valence-corrected chi connectivity index (χ0v) is 10.2. The summed E-state index contributed by atoms with van der Waals surface area (Å²) in [5, 5.41) is 11.2. The van der Waals surface area contributed by atoms with Crippen LogP contribution in [0.25, 0.3) is 10.2 Å². The zero-order valence-electron chi connectivity index (χ0n) is 8.53. The molecule has 0 aliphatic heterocycles. The first-order valence-corrected chi connectivity index (χ1v) is 6.44. The largest absolute Gasteiger partial charge is 0.374 e. The molecule has 3 heterocycles. The fraction of sp³-hybridized carbons (Fsp3) is 0.111. The quantitative estimate of drug-likeness (QED) is 0.745. The van der Waals surface area contributed by atoms with Crippen LogP contribution in [0, 0.1) is 0 Å². The summed E-state index contributed by atoms with van der Waals surface area (Å²) in [5.74, 6) is 0. The summed E-state index contributed by atoms with van der Waals surface area (Å²) < 4.78 is 1.51. The number of nitrogens with two attached hydrogens (primary N) is 1. The number of fused-ring (bicyclic) bond motifs is 1. The first-order valence-electron chi connectivity index (χ1n) is 4.74. The topological polar surface area (TPSA) is 86.7 Å². The molecule has 0 bridgehead atoms. The van der Waals surface area contributed by atoms with Crippen LogP contribution >= 0.6 is 22.7 Å². The van der Waals surface area contributed by atoms with Crippen molar-refractivity contribution in [3.05, 3.63) is 33.1 Å². The van der Waals surface area contributed by atoms with E-state index in [2.05, 4.69) is 15.2 Å². The summed E-state index contributed by atoms with van der Waals surface area (Å²) in [6, 6.07) is 1.78. The van der Waals surface area contributed by atoms with Crippen molar-refractivity contribution in [2.45, 2.75) is 6.54 Å². The molecule has 0 aliphatic rings. The molecule has 6 nitrogen and oxygen atoms in total. The molecule has 0 unspecified atom stereocenters. The van der Waals surface area contributed by atoms with Crippen molar-refractivity contribution in [2.75, 3.05) is 5.73 Å². The van der Waals surface area contributed by atoms with Crippen molar-refractivity contribution in [1.29, 1.82) is 0 Å². The van der Waals surface area contributed by atoms with Gasteiger partial charge in [0.1, 0.15) is 9.84 Å². The lowest BCUT2D eigenvalue weighted by molar-refractivity contribution is 0.735. The minimum atomic E-state index is -0.0648. The van der Waals surface area contributed by atoms with E-state index in [9.17, 15) is 4.79 Å². The first-order chi connectivity index (χ1) is 8.24. The van der Waals surface area contributed by atoms with Crippen LogP contribution in [0.4, 0.5) is 5.13 Å². The van der Waals surface area contributed by atoms with Gasteiger partial charge in [-0.2, -0.15) is 0 Å². The average Bonchev–Trinajstić information content (AvgIpc) is 2.92. The SMILES string of the molecule is Nc1nnc(Cn2cnc3sccc3c2=O)s1. The monoisotopic (exact) mass is 265 g/mol. The third-order valence-corrected chi connectivity index (χ3v) is 3.80. The predicted molar refractivity (Wildman–Crippen MR) is 67.3 cm³/mol. The van der Waals surface area contributed by atoms with Gasteiger partial charge < -0.3 is 5.73 Å². The summed E-state index contributed by atoms with van der Waals surface area (Å²) in [6.45, 7) is 0.354. The van der Waals surface area contributed by atoms with E-state index < -0.39 is 0 Å². The fourth-order valence-electron chi connectivity index (χ4n) is 1.48. The van der Waals surface area contributed by atoms with Crippen molar-refractivity contribution in [2.24, 2.45) is 0 Å². The Bertz CT molecular complexity index is 728. The zero-order chi connectivity index (χ0) is 11.8. The maximum Gasteiger partial charge on any atom is 0.262 e. The Labute approximate surface area is 103 Å². The maximum atomic E-state index is 12.1. The van der Waals surface area contributed by atoms with Crippen LogP contribution in [-0.4, -0.2) is 19.7 Å². The summed E-state index contributed by atoms with van der Waals surface area (Å²) in [7, 11) is 0. The molecule has 0 aromatic carbocycles. The van der Waals surface area contributed by atoms with E-state index in [4.69, 9.17) is 5.73 Å². The minimum absolute atomic E-state index is 0.0648. The third kappa shape index (κ3) is 1.81. The molecular formula is C9H7N5OS2. The van der Waals surface area contributed by atoms with Gasteiger partial charge in [0, 0.05) is 0 Å². The minimum Gasteiger partial charge on any atom is -0.374 e. The Morgan fingerprint density at radius 3 is 3.06 bits per heavy atom. The highest BCUT2D eigenvalue weighted by Crippen LogP contribution is 2.15. The Morgan fingerprint density at radius 1 is 1.41 bits per heavy atom. The van der Waals surface area contributed by atoms with E-state index in [0.29, 0.717) is 22.1 Å². The van der Waals surface area contributed by atoms with E-state index >= 15 is 0 Å². The smallest absolute Gasteiger partial charge is 0.262 e. The molecule has 0 spiro atoms. The lowest BCUT2D eigenvalue weighted by Crippen LogP contribution is -2.20. The molecule has 0 atom stereocenters. The van der Waals surface area contributed by atoms with E-state index in [1.807, 2.05) is 5.38 Å². The molecule has 0 radical (unpaired) electrons. The number of rotatable bonds is 2. The number of nitrogen functional groups attached to an aromatic ring is 1. The van der Waals surface area contributed by atoms with Gasteiger partial charge >= 0.3 is 0 Å². The van der Waals surface area contributed by atoms with E-state index in [1.54, 1.807) is 6.07 Å². The Hall–Kier alpha value is -1.80. The molecule has 0 saturated carbocycles. The van der Waals surface area contributed by atoms with Crippen molar-refractivity contribution in [1.82, 2.24) is 19.7 Å². The average molecular weight is 265 g/mol. The van der Waals surface area contributed by atoms with E-state index in [1.165, 1.54) is 33.6 Å². The number of hydrogen-bond acceptors (Lipinski definition) is 7. The molecule has 8 heteroatoms. The van der Waals surface area contributed by atoms with Crippen LogP contribution in [0.15, 0.2) is 22.6 Å². The molecule has 2 N–H and O–H groups in total. The van der Waals surface area contributed by atoms with Gasteiger partial charge in [0.25, 0.3) is 5.56 Å². The summed E-state index contributed by atoms with van der Waals surface area (Å²) in [4.78, 5) is 17.0. The highest BCUT2D eigenvalue weighted by molar-refractivity contribution is 7.16. The van der Waals surface area contributed by atoms with Crippen molar-refractivity contribution >= 4 is 38.0 Å². The second kappa shape index (κ2) is 3.90. The van der Waals surface area contributed by atoms with Crippen molar-refractivity contribution in [3.8, 4) is 0 Å². The van der Waals surface area contributed by atoms with Crippen LogP contribution in [0.5, 0.6) is 0 Å². The molecule has 0 aliphatic carbocycles. The van der Waals surface area contributed by atoms with Gasteiger partial charge in [-0.3, -0.25) is 9.36 Å². The number of thiophene rings is 1. The van der Waals surface area contributed by atoms with Gasteiger partial charge in [-0.1, -0.05) is 11.3 Å². The molecule has 3 rings (SSSR count). The molecule has 17 heavy (non-hydrogen) atoms. The van der Waals surface area contributed by atoms with Crippen LogP contribution in [0.1, 0.15) is 5.01 Å². The maximum absolute atomic E-state index is 12.1. The number of nitrogens with zero attached hydrogens (tertiary/aromatic N) is 4. The first kappa shape index (κ1) is 10.4. The van der Waals surface area contributed by atoms with Crippen LogP contribution in [0.3, 0.4) is 0 Å². The van der Waals surface area contributed by atoms with Crippen LogP contribution in [-0.2, 0) is 6.54 Å². The van der Waals surface area contributed by atoms with E-state index in [0.717, 1.165) is 4.83 Å². The standard InChI is InChI=1S/C9H7N5OS2/c10-9-13-12-6(17-9)3-14-4-11-7-5(8(14)15)1-2-16-7/h1-2,4H,3H2,(H2,10,13). The highest BCUT2D eigenvalue weighted by atomic mass is 32.1. The van der Waals surface area contributed by atoms with Gasteiger partial charge in [-0.15, -0.1) is 21.5 Å². The van der Waals surface area contributed by atoms with E-state index in [-0.39, 0.29) is 5.56 Å². The molecule has 0 fully saturated rings. The molecule has 0 amide bonds. The highest BCUT2D eigenvalue weighted by Gasteiger charge is 2.07. The van der Waals surface area contributed by atoms with Gasteiger partial charge in [0.05, 0.1) is 18.3 Å². The van der Waals surface area contributed by atoms with Crippen LogP contribution < -0.4 is 11.3 Å². The Balaban J connectivity index is 2.06. The predicted octanol–water partition coefficient (Wildman–Crippen LogP) is 0.940. The van der Waals surface area contributed by atoms with Gasteiger partial charge in [0.15, 0.2) is 0 Å². The summed E-state index contributed by atoms with van der Waals surface area (Å²) in [6.07, 6.45) is 1.53. The molecule has 3 aromatic rings. The summed E-state index contributed by atoms with van der Waals surface area (Å²) in [5.41, 5.74) is 5.42. The lowest BCUT2D eigenvalue weighted by Gasteiger charge is -2.00. The second-order valence-corrected chi connectivity index (χ2v) is 5.34. The second-order valence-electron chi connectivity index (χ2n) is 3.35. The molecule has 0 saturated heterocycles. The molecule has 86 valence electrons. The lowest BCUT2D eigenvalue weighted by atomic mass is 10.4. The van der Waals surface area contributed by atoms with Crippen LogP contribution in [0.2, 0.25) is 0 Å². The Kier molecular flexibility index (Phi) is 2.37. The van der Waals surface area contributed by atoms with Crippen molar-refractivity contribution in [3.63, 3.8) is 0 Å². The fourth-order valence-corrected chi connectivity index (χ4v) is 2.81. The van der Waals surface area contributed by atoms with Gasteiger partial charge in [-0.05, 0) is 11.4 Å². The van der Waals surface area contributed by atoms with Gasteiger partial charge in [0.2, 0.25) is 5.13 Å². The molecular weight excluding hydrogens is 258 g/mol. The summed E-state index contributed by atoms with van der Waals surface area (Å²) >= 11 is 2.72. The number of aromatic nitrogens is 4.